The first kappa shape index (κ1) is 12.6. The van der Waals surface area contributed by atoms with E-state index >= 15 is 0 Å². The van der Waals surface area contributed by atoms with Gasteiger partial charge in [-0.05, 0) is 30.2 Å². The molecule has 0 radical (unpaired) electrons. The van der Waals surface area contributed by atoms with Gasteiger partial charge in [0.25, 0.3) is 0 Å². The highest BCUT2D eigenvalue weighted by molar-refractivity contribution is 5.84. The van der Waals surface area contributed by atoms with Crippen molar-refractivity contribution in [2.45, 2.75) is 38.0 Å². The van der Waals surface area contributed by atoms with Gasteiger partial charge in [-0.3, -0.25) is 4.98 Å². The van der Waals surface area contributed by atoms with Crippen molar-refractivity contribution < 1.29 is 4.74 Å². The quantitative estimate of drug-likeness (QED) is 0.913. The van der Waals surface area contributed by atoms with E-state index in [4.69, 9.17) is 4.74 Å². The molecular formula is C16H20N2O. The zero-order valence-corrected chi connectivity index (χ0v) is 11.3. The largest absolute Gasteiger partial charge is 0.381 e. The van der Waals surface area contributed by atoms with E-state index in [1.807, 2.05) is 19.5 Å². The second-order valence-corrected chi connectivity index (χ2v) is 5.27. The Kier molecular flexibility index (Phi) is 3.76. The van der Waals surface area contributed by atoms with Crippen LogP contribution in [0.15, 0.2) is 36.7 Å². The second kappa shape index (κ2) is 5.68. The highest BCUT2D eigenvalue weighted by Gasteiger charge is 2.23. The molecule has 0 amide bonds. The van der Waals surface area contributed by atoms with Gasteiger partial charge in [-0.25, -0.2) is 0 Å². The van der Waals surface area contributed by atoms with E-state index in [2.05, 4.69) is 34.6 Å². The lowest BCUT2D eigenvalue weighted by atomic mass is 10.1. The molecule has 2 atom stereocenters. The molecule has 0 saturated heterocycles. The van der Waals surface area contributed by atoms with Crippen LogP contribution in [0.1, 0.15) is 24.8 Å². The Morgan fingerprint density at radius 1 is 1.26 bits per heavy atom. The first-order chi connectivity index (χ1) is 9.36. The van der Waals surface area contributed by atoms with Crippen LogP contribution in [0.5, 0.6) is 0 Å². The number of nitrogens with zero attached hydrogens (tertiary/aromatic N) is 1. The van der Waals surface area contributed by atoms with Gasteiger partial charge >= 0.3 is 0 Å². The minimum Gasteiger partial charge on any atom is -0.381 e. The van der Waals surface area contributed by atoms with Crippen molar-refractivity contribution in [3.05, 3.63) is 42.2 Å². The molecular weight excluding hydrogens is 236 g/mol. The van der Waals surface area contributed by atoms with Gasteiger partial charge in [0.15, 0.2) is 0 Å². The summed E-state index contributed by atoms with van der Waals surface area (Å²) in [4.78, 5) is 4.32. The molecule has 1 heterocycles. The molecule has 19 heavy (non-hydrogen) atoms. The number of hydrogen-bond acceptors (Lipinski definition) is 3. The van der Waals surface area contributed by atoms with Crippen LogP contribution in [-0.4, -0.2) is 24.2 Å². The van der Waals surface area contributed by atoms with E-state index in [0.717, 1.165) is 13.0 Å². The summed E-state index contributed by atoms with van der Waals surface area (Å²) in [5.74, 6) is 0. The predicted molar refractivity (Wildman–Crippen MR) is 77.0 cm³/mol. The summed E-state index contributed by atoms with van der Waals surface area (Å²) in [5, 5.41) is 6.14. The second-order valence-electron chi connectivity index (χ2n) is 5.27. The number of rotatable bonds is 4. The molecule has 1 aliphatic rings. The van der Waals surface area contributed by atoms with Crippen molar-refractivity contribution >= 4 is 10.8 Å². The maximum atomic E-state index is 5.41. The van der Waals surface area contributed by atoms with Gasteiger partial charge in [-0.1, -0.05) is 24.3 Å². The molecule has 1 saturated carbocycles. The van der Waals surface area contributed by atoms with Crippen molar-refractivity contribution in [1.29, 1.82) is 0 Å². The van der Waals surface area contributed by atoms with Crippen LogP contribution in [0.4, 0.5) is 0 Å². The van der Waals surface area contributed by atoms with Crippen molar-refractivity contribution in [3.8, 4) is 0 Å². The summed E-state index contributed by atoms with van der Waals surface area (Å²) in [7, 11) is 1.81. The Morgan fingerprint density at radius 3 is 3.00 bits per heavy atom. The Hall–Kier alpha value is -1.45. The van der Waals surface area contributed by atoms with Gasteiger partial charge in [-0.15, -0.1) is 0 Å². The molecule has 0 bridgehead atoms. The summed E-state index contributed by atoms with van der Waals surface area (Å²) in [6.45, 7) is 0.884. The predicted octanol–water partition coefficient (Wildman–Crippen LogP) is 2.89. The van der Waals surface area contributed by atoms with Gasteiger partial charge in [-0.2, -0.15) is 0 Å². The van der Waals surface area contributed by atoms with Crippen LogP contribution in [0.2, 0.25) is 0 Å². The van der Waals surface area contributed by atoms with Gasteiger partial charge in [0.05, 0.1) is 6.10 Å². The minimum absolute atomic E-state index is 0.433. The molecule has 1 aromatic carbocycles. The number of aromatic nitrogens is 1. The topological polar surface area (TPSA) is 34.1 Å². The third kappa shape index (κ3) is 2.77. The number of pyridine rings is 1. The lowest BCUT2D eigenvalue weighted by molar-refractivity contribution is 0.107. The third-order valence-electron chi connectivity index (χ3n) is 4.05. The normalized spacial score (nSPS) is 23.0. The van der Waals surface area contributed by atoms with Crippen LogP contribution < -0.4 is 5.32 Å². The summed E-state index contributed by atoms with van der Waals surface area (Å²) in [6.07, 6.45) is 7.82. The minimum atomic E-state index is 0.433. The maximum Gasteiger partial charge on any atom is 0.0586 e. The molecule has 1 fully saturated rings. The maximum absolute atomic E-state index is 5.41. The summed E-state index contributed by atoms with van der Waals surface area (Å²) < 4.78 is 5.41. The third-order valence-corrected chi connectivity index (χ3v) is 4.05. The molecule has 3 heteroatoms. The molecule has 1 aromatic heterocycles. The standard InChI is InChI=1S/C16H20N2O/c1-19-15-7-6-14(8-15)18-11-13-10-17-9-12-4-2-3-5-16(12)13/h2-5,9-10,14-15,18H,6-8,11H2,1H3. The lowest BCUT2D eigenvalue weighted by Gasteiger charge is -2.13. The fourth-order valence-corrected chi connectivity index (χ4v) is 2.91. The average molecular weight is 256 g/mol. The highest BCUT2D eigenvalue weighted by atomic mass is 16.5. The number of methoxy groups -OCH3 is 1. The number of ether oxygens (including phenoxy) is 1. The molecule has 3 nitrogen and oxygen atoms in total. The molecule has 2 aromatic rings. The smallest absolute Gasteiger partial charge is 0.0586 e. The monoisotopic (exact) mass is 256 g/mol. The molecule has 100 valence electrons. The Morgan fingerprint density at radius 2 is 2.16 bits per heavy atom. The zero-order valence-electron chi connectivity index (χ0n) is 11.3. The van der Waals surface area contributed by atoms with Crippen LogP contribution in [0.3, 0.4) is 0 Å². The number of fused-ring (bicyclic) bond motifs is 1. The first-order valence-electron chi connectivity index (χ1n) is 6.94. The SMILES string of the molecule is COC1CCC(NCc2cncc3ccccc23)C1. The molecule has 2 unspecified atom stereocenters. The molecule has 0 spiro atoms. The van der Waals surface area contributed by atoms with Crippen molar-refractivity contribution in [3.63, 3.8) is 0 Å². The first-order valence-corrected chi connectivity index (χ1v) is 6.94. The van der Waals surface area contributed by atoms with Crippen LogP contribution in [0.25, 0.3) is 10.8 Å². The van der Waals surface area contributed by atoms with E-state index in [-0.39, 0.29) is 0 Å². The highest BCUT2D eigenvalue weighted by Crippen LogP contribution is 2.22. The Balaban J connectivity index is 1.69. The van der Waals surface area contributed by atoms with Gasteiger partial charge in [0.2, 0.25) is 0 Å². The van der Waals surface area contributed by atoms with Crippen LogP contribution >= 0.6 is 0 Å². The van der Waals surface area contributed by atoms with Crippen molar-refractivity contribution in [2.24, 2.45) is 0 Å². The summed E-state index contributed by atoms with van der Waals surface area (Å²) >= 11 is 0. The molecule has 0 aliphatic heterocycles. The lowest BCUT2D eigenvalue weighted by Crippen LogP contribution is -2.26. The van der Waals surface area contributed by atoms with E-state index in [1.54, 1.807) is 0 Å². The van der Waals surface area contributed by atoms with Crippen molar-refractivity contribution in [1.82, 2.24) is 10.3 Å². The average Bonchev–Trinajstić information content (AvgIpc) is 2.93. The number of nitrogens with one attached hydrogen (secondary N) is 1. The van der Waals surface area contributed by atoms with Crippen LogP contribution in [0, 0.1) is 0 Å². The summed E-state index contributed by atoms with van der Waals surface area (Å²) in [6, 6.07) is 9.00. The number of benzene rings is 1. The van der Waals surface area contributed by atoms with Gasteiger partial charge in [0, 0.05) is 37.5 Å². The Bertz CT molecular complexity index is 550. The van der Waals surface area contributed by atoms with Gasteiger partial charge in [0.1, 0.15) is 0 Å². The Labute approximate surface area is 114 Å². The molecule has 3 rings (SSSR count). The van der Waals surface area contributed by atoms with E-state index in [1.165, 1.54) is 29.2 Å². The molecule has 1 aliphatic carbocycles. The van der Waals surface area contributed by atoms with E-state index in [9.17, 15) is 0 Å². The van der Waals surface area contributed by atoms with E-state index < -0.39 is 0 Å². The number of hydrogen-bond donors (Lipinski definition) is 1. The fourth-order valence-electron chi connectivity index (χ4n) is 2.91. The van der Waals surface area contributed by atoms with Crippen LogP contribution in [-0.2, 0) is 11.3 Å². The van der Waals surface area contributed by atoms with Crippen molar-refractivity contribution in [2.75, 3.05) is 7.11 Å². The summed E-state index contributed by atoms with van der Waals surface area (Å²) in [5.41, 5.74) is 1.28. The fraction of sp³-hybridized carbons (Fsp3) is 0.438. The molecule has 1 N–H and O–H groups in total. The van der Waals surface area contributed by atoms with E-state index in [0.29, 0.717) is 12.1 Å². The van der Waals surface area contributed by atoms with Gasteiger partial charge < -0.3 is 10.1 Å². The zero-order chi connectivity index (χ0) is 13.1.